The molecule has 4 unspecified atom stereocenters. The van der Waals surface area contributed by atoms with E-state index in [-0.39, 0.29) is 58.3 Å². The van der Waals surface area contributed by atoms with Crippen molar-refractivity contribution in [1.82, 2.24) is 9.55 Å². The summed E-state index contributed by atoms with van der Waals surface area (Å²) in [5.74, 6) is 5.49. The van der Waals surface area contributed by atoms with Gasteiger partial charge in [-0.1, -0.05) is 79.5 Å². The maximum atomic E-state index is 13.7. The van der Waals surface area contributed by atoms with E-state index in [1.54, 1.807) is 19.1 Å². The molecule has 256 valence electrons. The fourth-order valence-electron chi connectivity index (χ4n) is 6.44. The standard InChI is InChI=1S/C33H47N3O9Si2/c1-11-15-25-19-35(33(37)34-31(25)42-27-17-14-13-16-26(27)36(38)39)32-30(40-18-12-2)29-28(43-32)20-41-46(21(3)4,22(5)6)45-47(44-29,23(7)8)24(9)10/h12-14,16-17,19,21-24,28-30,32H,2,18,20H2,1,3-10H3. The number of benzene rings is 1. The van der Waals surface area contributed by atoms with Gasteiger partial charge in [0.25, 0.3) is 0 Å². The molecule has 1 aromatic carbocycles. The highest BCUT2D eigenvalue weighted by atomic mass is 28.5. The Bertz CT molecular complexity index is 1550. The molecule has 2 saturated heterocycles. The molecular formula is C33H47N3O9Si2. The van der Waals surface area contributed by atoms with Crippen molar-refractivity contribution in [2.75, 3.05) is 13.2 Å². The summed E-state index contributed by atoms with van der Waals surface area (Å²) in [7, 11) is -5.87. The summed E-state index contributed by atoms with van der Waals surface area (Å²) >= 11 is 0. The SMILES string of the molecule is C=CCOC1C2O[Si](C(C)C)(C(C)C)O[Si](C(C)C)(C(C)C)OCC2OC1n1cc(C#CC)c(Oc2ccccc2[N+](=O)[O-])nc1=O. The normalized spacial score (nSPS) is 23.6. The van der Waals surface area contributed by atoms with Gasteiger partial charge in [0.15, 0.2) is 6.23 Å². The Hall–Kier alpha value is -3.17. The van der Waals surface area contributed by atoms with Crippen LogP contribution in [0.4, 0.5) is 5.69 Å². The molecule has 0 bridgehead atoms. The molecule has 2 aromatic rings. The number of ether oxygens (including phenoxy) is 3. The molecule has 1 aromatic heterocycles. The molecule has 14 heteroatoms. The Labute approximate surface area is 279 Å². The number of rotatable bonds is 11. The quantitative estimate of drug-likeness (QED) is 0.0823. The lowest BCUT2D eigenvalue weighted by atomic mass is 10.1. The van der Waals surface area contributed by atoms with Gasteiger partial charge in [0.05, 0.1) is 18.1 Å². The Morgan fingerprint density at radius 1 is 1.11 bits per heavy atom. The minimum Gasteiger partial charge on any atom is -0.430 e. The fourth-order valence-corrected chi connectivity index (χ4v) is 17.6. The highest BCUT2D eigenvalue weighted by Gasteiger charge is 2.62. The van der Waals surface area contributed by atoms with E-state index in [1.165, 1.54) is 29.0 Å². The average molecular weight is 686 g/mol. The first-order valence-corrected chi connectivity index (χ1v) is 20.0. The van der Waals surface area contributed by atoms with Crippen LogP contribution >= 0.6 is 0 Å². The lowest BCUT2D eigenvalue weighted by molar-refractivity contribution is -0.385. The van der Waals surface area contributed by atoms with Crippen molar-refractivity contribution in [3.63, 3.8) is 0 Å². The van der Waals surface area contributed by atoms with Crippen LogP contribution in [0.5, 0.6) is 11.6 Å². The van der Waals surface area contributed by atoms with E-state index in [9.17, 15) is 14.9 Å². The van der Waals surface area contributed by atoms with E-state index in [0.717, 1.165) is 0 Å². The second-order valence-corrected chi connectivity index (χ2v) is 21.9. The summed E-state index contributed by atoms with van der Waals surface area (Å²) in [6.45, 7) is 22.9. The number of hydrogen-bond acceptors (Lipinski definition) is 10. The summed E-state index contributed by atoms with van der Waals surface area (Å²) in [4.78, 5) is 28.9. The smallest absolute Gasteiger partial charge is 0.353 e. The number of aromatic nitrogens is 2. The molecule has 3 heterocycles. The molecule has 4 atom stereocenters. The van der Waals surface area contributed by atoms with Crippen LogP contribution in [0.25, 0.3) is 0 Å². The van der Waals surface area contributed by atoms with E-state index in [1.807, 2.05) is 0 Å². The van der Waals surface area contributed by atoms with Gasteiger partial charge >= 0.3 is 28.5 Å². The maximum Gasteiger partial charge on any atom is 0.353 e. The number of nitrogens with zero attached hydrogens (tertiary/aromatic N) is 3. The van der Waals surface area contributed by atoms with E-state index in [0.29, 0.717) is 0 Å². The molecule has 12 nitrogen and oxygen atoms in total. The Balaban J connectivity index is 1.84. The predicted octanol–water partition coefficient (Wildman–Crippen LogP) is 6.74. The topological polar surface area (TPSA) is 133 Å². The van der Waals surface area contributed by atoms with E-state index in [2.05, 4.69) is 78.8 Å². The Morgan fingerprint density at radius 3 is 2.32 bits per heavy atom. The summed E-state index contributed by atoms with van der Waals surface area (Å²) in [5, 5.41) is 11.6. The molecule has 4 rings (SSSR count). The zero-order chi connectivity index (χ0) is 34.7. The van der Waals surface area contributed by atoms with Crippen LogP contribution in [0, 0.1) is 22.0 Å². The molecule has 2 fully saturated rings. The van der Waals surface area contributed by atoms with Gasteiger partial charge in [-0.05, 0) is 35.2 Å². The minimum absolute atomic E-state index is 0.0682. The van der Waals surface area contributed by atoms with Gasteiger partial charge in [0.1, 0.15) is 23.9 Å². The van der Waals surface area contributed by atoms with Crippen molar-refractivity contribution in [1.29, 1.82) is 0 Å². The summed E-state index contributed by atoms with van der Waals surface area (Å²) in [6.07, 6.45) is 0.179. The van der Waals surface area contributed by atoms with Gasteiger partial charge in [-0.25, -0.2) is 4.79 Å². The van der Waals surface area contributed by atoms with Crippen LogP contribution in [0.15, 0.2) is 47.9 Å². The Kier molecular flexibility index (Phi) is 11.7. The maximum absolute atomic E-state index is 13.7. The second-order valence-electron chi connectivity index (χ2n) is 13.1. The fraction of sp³-hybridized carbons (Fsp3) is 0.576. The van der Waals surface area contributed by atoms with Crippen molar-refractivity contribution >= 4 is 22.8 Å². The van der Waals surface area contributed by atoms with Crippen molar-refractivity contribution in [2.24, 2.45) is 0 Å². The van der Waals surface area contributed by atoms with Crippen LogP contribution in [0.3, 0.4) is 0 Å². The number of nitro benzene ring substituents is 1. The first-order chi connectivity index (χ1) is 22.2. The largest absolute Gasteiger partial charge is 0.430 e. The molecule has 0 N–H and O–H groups in total. The lowest BCUT2D eigenvalue weighted by Crippen LogP contribution is -2.66. The van der Waals surface area contributed by atoms with Crippen LogP contribution in [-0.4, -0.2) is 63.1 Å². The van der Waals surface area contributed by atoms with Gasteiger partial charge in [0.2, 0.25) is 11.6 Å². The van der Waals surface area contributed by atoms with Crippen LogP contribution < -0.4 is 10.4 Å². The minimum atomic E-state index is -3.03. The van der Waals surface area contributed by atoms with Crippen LogP contribution in [0.1, 0.15) is 74.1 Å². The highest BCUT2D eigenvalue weighted by molar-refractivity contribution is 6.84. The predicted molar refractivity (Wildman–Crippen MR) is 182 cm³/mol. The molecule has 0 aliphatic carbocycles. The third-order valence-corrected chi connectivity index (χ3v) is 19.0. The van der Waals surface area contributed by atoms with Crippen LogP contribution in [-0.2, 0) is 22.4 Å². The highest BCUT2D eigenvalue weighted by Crippen LogP contribution is 2.48. The summed E-state index contributed by atoms with van der Waals surface area (Å²) in [5.41, 5.74) is -0.315. The van der Waals surface area contributed by atoms with Gasteiger partial charge in [-0.15, -0.1) is 12.5 Å². The molecule has 0 spiro atoms. The molecule has 2 aliphatic heterocycles. The zero-order valence-corrected chi connectivity index (χ0v) is 30.7. The zero-order valence-electron chi connectivity index (χ0n) is 28.7. The molecular weight excluding hydrogens is 639 g/mol. The molecule has 0 amide bonds. The first kappa shape index (κ1) is 36.7. The van der Waals surface area contributed by atoms with Crippen molar-refractivity contribution < 1.29 is 32.1 Å². The Morgan fingerprint density at radius 2 is 1.74 bits per heavy atom. The van der Waals surface area contributed by atoms with Crippen molar-refractivity contribution in [3.05, 3.63) is 69.3 Å². The van der Waals surface area contributed by atoms with Gasteiger partial charge in [0, 0.05) is 12.3 Å². The lowest BCUT2D eigenvalue weighted by Gasteiger charge is -2.51. The first-order valence-electron chi connectivity index (χ1n) is 16.1. The average Bonchev–Trinajstić information content (AvgIpc) is 3.32. The number of hydrogen-bond donors (Lipinski definition) is 0. The van der Waals surface area contributed by atoms with Gasteiger partial charge in [-0.2, -0.15) is 4.98 Å². The third kappa shape index (κ3) is 7.17. The van der Waals surface area contributed by atoms with Crippen molar-refractivity contribution in [3.8, 4) is 23.5 Å². The summed E-state index contributed by atoms with van der Waals surface area (Å²) in [6, 6.07) is 5.86. The molecule has 0 radical (unpaired) electrons. The van der Waals surface area contributed by atoms with E-state index in [4.69, 9.17) is 27.2 Å². The number of fused-ring (bicyclic) bond motifs is 1. The third-order valence-electron chi connectivity index (χ3n) is 8.74. The molecule has 47 heavy (non-hydrogen) atoms. The van der Waals surface area contributed by atoms with Crippen LogP contribution in [0.2, 0.25) is 22.2 Å². The monoisotopic (exact) mass is 685 g/mol. The van der Waals surface area contributed by atoms with E-state index < -0.39 is 52.3 Å². The van der Waals surface area contributed by atoms with Gasteiger partial charge in [-0.3, -0.25) is 14.7 Å². The number of para-hydroxylation sites is 2. The number of nitro groups is 1. The molecule has 0 saturated carbocycles. The summed E-state index contributed by atoms with van der Waals surface area (Å²) < 4.78 is 41.6. The molecule has 2 aliphatic rings. The van der Waals surface area contributed by atoms with Crippen molar-refractivity contribution in [2.45, 2.75) is 109 Å². The van der Waals surface area contributed by atoms with E-state index >= 15 is 0 Å². The second kappa shape index (κ2) is 14.9. The van der Waals surface area contributed by atoms with Gasteiger partial charge < -0.3 is 27.2 Å².